The molecule has 0 spiro atoms. The Morgan fingerprint density at radius 2 is 2.29 bits per heavy atom. The lowest BCUT2D eigenvalue weighted by Gasteiger charge is -2.23. The number of para-hydroxylation sites is 1. The summed E-state index contributed by atoms with van der Waals surface area (Å²) >= 11 is 0. The second-order valence-electron chi connectivity index (χ2n) is 5.60. The molecule has 1 unspecified atom stereocenters. The van der Waals surface area contributed by atoms with Gasteiger partial charge in [-0.25, -0.2) is 0 Å². The smallest absolute Gasteiger partial charge is 0.103 e. The Morgan fingerprint density at radius 1 is 1.38 bits per heavy atom. The van der Waals surface area contributed by atoms with Crippen LogP contribution in [0, 0.1) is 17.2 Å². The third-order valence-corrected chi connectivity index (χ3v) is 4.15. The fourth-order valence-electron chi connectivity index (χ4n) is 2.99. The number of rotatable bonds is 4. The molecule has 1 aliphatic rings. The number of nitriles is 1. The lowest BCUT2D eigenvalue weighted by molar-refractivity contribution is 0.364. The molecule has 0 aliphatic carbocycles. The monoisotopic (exact) mass is 280 g/mol. The van der Waals surface area contributed by atoms with Crippen LogP contribution in [0.15, 0.2) is 30.5 Å². The Bertz CT molecular complexity index is 653. The zero-order chi connectivity index (χ0) is 14.5. The van der Waals surface area contributed by atoms with Gasteiger partial charge in [-0.2, -0.15) is 5.26 Å². The number of aromatic nitrogens is 1. The SMILES string of the molecule is N#Cc1cnc2ccccc2c1NCCC1CCCNC1. The van der Waals surface area contributed by atoms with Crippen molar-refractivity contribution < 1.29 is 0 Å². The largest absolute Gasteiger partial charge is 0.383 e. The molecule has 4 nitrogen and oxygen atoms in total. The number of fused-ring (bicyclic) bond motifs is 1. The van der Waals surface area contributed by atoms with E-state index in [9.17, 15) is 5.26 Å². The molecule has 2 heterocycles. The van der Waals surface area contributed by atoms with E-state index in [1.807, 2.05) is 24.3 Å². The van der Waals surface area contributed by atoms with Gasteiger partial charge in [0.1, 0.15) is 6.07 Å². The Labute approximate surface area is 125 Å². The van der Waals surface area contributed by atoms with Crippen LogP contribution >= 0.6 is 0 Å². The van der Waals surface area contributed by atoms with E-state index in [0.717, 1.165) is 48.6 Å². The van der Waals surface area contributed by atoms with Crippen LogP contribution in [0.2, 0.25) is 0 Å². The zero-order valence-corrected chi connectivity index (χ0v) is 12.1. The third kappa shape index (κ3) is 3.14. The molecule has 2 N–H and O–H groups in total. The number of nitrogens with one attached hydrogen (secondary N) is 2. The summed E-state index contributed by atoms with van der Waals surface area (Å²) < 4.78 is 0. The standard InChI is InChI=1S/C17H20N4/c18-10-14-12-21-16-6-2-1-5-15(16)17(14)20-9-7-13-4-3-8-19-11-13/h1-2,5-6,12-13,19H,3-4,7-9,11H2,(H,20,21). The molecule has 1 fully saturated rings. The molecule has 1 saturated heterocycles. The summed E-state index contributed by atoms with van der Waals surface area (Å²) in [5, 5.41) is 17.2. The highest BCUT2D eigenvalue weighted by Gasteiger charge is 2.13. The van der Waals surface area contributed by atoms with Crippen molar-refractivity contribution in [1.82, 2.24) is 10.3 Å². The van der Waals surface area contributed by atoms with E-state index in [-0.39, 0.29) is 0 Å². The van der Waals surface area contributed by atoms with Crippen molar-refractivity contribution in [1.29, 1.82) is 5.26 Å². The van der Waals surface area contributed by atoms with Gasteiger partial charge in [-0.05, 0) is 44.3 Å². The van der Waals surface area contributed by atoms with Crippen LogP contribution in [0.5, 0.6) is 0 Å². The normalized spacial score (nSPS) is 18.3. The van der Waals surface area contributed by atoms with Crippen LogP contribution in [0.4, 0.5) is 5.69 Å². The Hall–Kier alpha value is -2.12. The van der Waals surface area contributed by atoms with Gasteiger partial charge in [0, 0.05) is 18.1 Å². The van der Waals surface area contributed by atoms with Gasteiger partial charge in [-0.15, -0.1) is 0 Å². The zero-order valence-electron chi connectivity index (χ0n) is 12.1. The summed E-state index contributed by atoms with van der Waals surface area (Å²) in [6, 6.07) is 10.2. The molecule has 2 aromatic rings. The van der Waals surface area contributed by atoms with Crippen LogP contribution in [0.25, 0.3) is 10.9 Å². The molecule has 21 heavy (non-hydrogen) atoms. The fourth-order valence-corrected chi connectivity index (χ4v) is 2.99. The topological polar surface area (TPSA) is 60.7 Å². The van der Waals surface area contributed by atoms with Gasteiger partial charge in [0.25, 0.3) is 0 Å². The summed E-state index contributed by atoms with van der Waals surface area (Å²) in [7, 11) is 0. The highest BCUT2D eigenvalue weighted by Crippen LogP contribution is 2.25. The predicted molar refractivity (Wildman–Crippen MR) is 85.2 cm³/mol. The van der Waals surface area contributed by atoms with Gasteiger partial charge in [-0.3, -0.25) is 4.98 Å². The van der Waals surface area contributed by atoms with E-state index in [0.29, 0.717) is 5.56 Å². The maximum Gasteiger partial charge on any atom is 0.103 e. The van der Waals surface area contributed by atoms with E-state index < -0.39 is 0 Å². The highest BCUT2D eigenvalue weighted by atomic mass is 14.9. The van der Waals surface area contributed by atoms with Crippen molar-refractivity contribution in [2.24, 2.45) is 5.92 Å². The fraction of sp³-hybridized carbons (Fsp3) is 0.412. The van der Waals surface area contributed by atoms with Gasteiger partial charge in [0.15, 0.2) is 0 Å². The minimum Gasteiger partial charge on any atom is -0.383 e. The van der Waals surface area contributed by atoms with Gasteiger partial charge in [0.2, 0.25) is 0 Å². The summed E-state index contributed by atoms with van der Waals surface area (Å²) in [6.45, 7) is 3.16. The summed E-state index contributed by atoms with van der Waals surface area (Å²) in [6.07, 6.45) is 5.37. The summed E-state index contributed by atoms with van der Waals surface area (Å²) in [4.78, 5) is 4.34. The van der Waals surface area contributed by atoms with E-state index in [1.54, 1.807) is 6.20 Å². The lowest BCUT2D eigenvalue weighted by Crippen LogP contribution is -2.30. The Kier molecular flexibility index (Phi) is 4.32. The second kappa shape index (κ2) is 6.55. The number of nitrogens with zero attached hydrogens (tertiary/aromatic N) is 2. The number of hydrogen-bond donors (Lipinski definition) is 2. The highest BCUT2D eigenvalue weighted by molar-refractivity contribution is 5.93. The predicted octanol–water partition coefficient (Wildman–Crippen LogP) is 2.91. The Balaban J connectivity index is 1.74. The minimum atomic E-state index is 0.621. The van der Waals surface area contributed by atoms with E-state index in [2.05, 4.69) is 21.7 Å². The van der Waals surface area contributed by atoms with Crippen LogP contribution in [0.3, 0.4) is 0 Å². The average Bonchev–Trinajstić information content (AvgIpc) is 2.56. The van der Waals surface area contributed by atoms with Crippen LogP contribution in [-0.4, -0.2) is 24.6 Å². The molecule has 0 saturated carbocycles. The number of benzene rings is 1. The minimum absolute atomic E-state index is 0.621. The maximum absolute atomic E-state index is 9.29. The molecule has 3 rings (SSSR count). The molecule has 1 aliphatic heterocycles. The first kappa shape index (κ1) is 13.8. The van der Waals surface area contributed by atoms with E-state index >= 15 is 0 Å². The van der Waals surface area contributed by atoms with E-state index in [4.69, 9.17) is 0 Å². The van der Waals surface area contributed by atoms with Crippen LogP contribution < -0.4 is 10.6 Å². The maximum atomic E-state index is 9.29. The number of anilines is 1. The van der Waals surface area contributed by atoms with Gasteiger partial charge < -0.3 is 10.6 Å². The van der Waals surface area contributed by atoms with Crippen molar-refractivity contribution >= 4 is 16.6 Å². The molecule has 108 valence electrons. The van der Waals surface area contributed by atoms with E-state index in [1.165, 1.54) is 12.8 Å². The van der Waals surface area contributed by atoms with Crippen LogP contribution in [-0.2, 0) is 0 Å². The lowest BCUT2D eigenvalue weighted by atomic mass is 9.96. The summed E-state index contributed by atoms with van der Waals surface area (Å²) in [5.41, 5.74) is 2.47. The van der Waals surface area contributed by atoms with Crippen molar-refractivity contribution in [3.8, 4) is 6.07 Å². The van der Waals surface area contributed by atoms with Gasteiger partial charge in [0.05, 0.1) is 16.8 Å². The number of hydrogen-bond acceptors (Lipinski definition) is 4. The molecule has 0 bridgehead atoms. The quantitative estimate of drug-likeness (QED) is 0.904. The van der Waals surface area contributed by atoms with Crippen molar-refractivity contribution in [3.63, 3.8) is 0 Å². The molecule has 1 atom stereocenters. The van der Waals surface area contributed by atoms with Crippen molar-refractivity contribution in [3.05, 3.63) is 36.0 Å². The second-order valence-corrected chi connectivity index (χ2v) is 5.60. The number of piperidine rings is 1. The first-order valence-electron chi connectivity index (χ1n) is 7.61. The average molecular weight is 280 g/mol. The molecule has 4 heteroatoms. The first-order valence-corrected chi connectivity index (χ1v) is 7.61. The Morgan fingerprint density at radius 3 is 3.10 bits per heavy atom. The molecular weight excluding hydrogens is 260 g/mol. The molecule has 1 aromatic heterocycles. The van der Waals surface area contributed by atoms with Crippen LogP contribution in [0.1, 0.15) is 24.8 Å². The van der Waals surface area contributed by atoms with Crippen molar-refractivity contribution in [2.45, 2.75) is 19.3 Å². The van der Waals surface area contributed by atoms with Gasteiger partial charge >= 0.3 is 0 Å². The van der Waals surface area contributed by atoms with Gasteiger partial charge in [-0.1, -0.05) is 18.2 Å². The van der Waals surface area contributed by atoms with Crippen molar-refractivity contribution in [2.75, 3.05) is 25.0 Å². The molecule has 1 aromatic carbocycles. The summed E-state index contributed by atoms with van der Waals surface area (Å²) in [5.74, 6) is 0.741. The third-order valence-electron chi connectivity index (χ3n) is 4.15. The number of pyridine rings is 1. The molecular formula is C17H20N4. The first-order chi connectivity index (χ1) is 10.4. The molecule has 0 amide bonds. The molecule has 0 radical (unpaired) electrons.